The second kappa shape index (κ2) is 14.8. The Balaban J connectivity index is 1.59. The van der Waals surface area contributed by atoms with E-state index in [1.807, 2.05) is 5.06 Å². The summed E-state index contributed by atoms with van der Waals surface area (Å²) in [6.07, 6.45) is 23.1. The van der Waals surface area contributed by atoms with Crippen molar-refractivity contribution in [3.63, 3.8) is 0 Å². The van der Waals surface area contributed by atoms with Crippen molar-refractivity contribution < 1.29 is 4.84 Å². The first kappa shape index (κ1) is 19.0. The first-order valence-electron chi connectivity index (χ1n) is 9.81. The number of hydrogen-bond acceptors (Lipinski definition) is 2. The number of hydroxylamine groups is 2. The van der Waals surface area contributed by atoms with Gasteiger partial charge in [-0.2, -0.15) is 5.06 Å². The highest BCUT2D eigenvalue weighted by Crippen LogP contribution is 2.14. The first-order chi connectivity index (χ1) is 10.4. The zero-order valence-electron chi connectivity index (χ0n) is 14.6. The van der Waals surface area contributed by atoms with E-state index in [2.05, 4.69) is 6.92 Å². The summed E-state index contributed by atoms with van der Waals surface area (Å²) in [7, 11) is 0. The lowest BCUT2D eigenvalue weighted by molar-refractivity contribution is 0.197. The van der Waals surface area contributed by atoms with Crippen molar-refractivity contribution in [3.05, 3.63) is 0 Å². The van der Waals surface area contributed by atoms with Gasteiger partial charge in [0.15, 0.2) is 0 Å². The molecule has 0 aromatic rings. The van der Waals surface area contributed by atoms with Crippen LogP contribution in [0.4, 0.5) is 0 Å². The van der Waals surface area contributed by atoms with Crippen molar-refractivity contribution in [2.45, 2.75) is 110 Å². The highest BCUT2D eigenvalue weighted by Gasteiger charge is 2.16. The highest BCUT2D eigenvalue weighted by molar-refractivity contribution is 4.52. The van der Waals surface area contributed by atoms with Crippen LogP contribution in [0.2, 0.25) is 0 Å². The van der Waals surface area contributed by atoms with Gasteiger partial charge >= 0.3 is 0 Å². The summed E-state index contributed by atoms with van der Waals surface area (Å²) in [5, 5.41) is 2.05. The van der Waals surface area contributed by atoms with E-state index in [1.54, 1.807) is 0 Å². The lowest BCUT2D eigenvalue weighted by Crippen LogP contribution is -1.97. The zero-order chi connectivity index (χ0) is 15.0. The van der Waals surface area contributed by atoms with Gasteiger partial charge < -0.3 is 0 Å². The molecule has 2 heteroatoms. The molecule has 21 heavy (non-hydrogen) atoms. The third kappa shape index (κ3) is 14.6. The molecule has 0 spiro atoms. The molecule has 0 amide bonds. The molecular formula is C19H39NO. The molecule has 0 aliphatic carbocycles. The molecule has 1 aliphatic heterocycles. The normalized spacial score (nSPS) is 17.3. The maximum Gasteiger partial charge on any atom is 0.144 e. The third-order valence-electron chi connectivity index (χ3n) is 4.57. The fourth-order valence-electron chi connectivity index (χ4n) is 3.01. The third-order valence-corrected chi connectivity index (χ3v) is 4.57. The van der Waals surface area contributed by atoms with E-state index in [9.17, 15) is 0 Å². The van der Waals surface area contributed by atoms with Gasteiger partial charge in [-0.25, -0.2) is 0 Å². The molecular weight excluding hydrogens is 258 g/mol. The molecule has 0 N–H and O–H groups in total. The summed E-state index contributed by atoms with van der Waals surface area (Å²) >= 11 is 0. The van der Waals surface area contributed by atoms with Gasteiger partial charge in [0.05, 0.1) is 0 Å². The van der Waals surface area contributed by atoms with Gasteiger partial charge in [-0.1, -0.05) is 103 Å². The van der Waals surface area contributed by atoms with Crippen molar-refractivity contribution >= 4 is 0 Å². The van der Waals surface area contributed by atoms with Gasteiger partial charge in [-0.05, 0) is 6.42 Å². The van der Waals surface area contributed by atoms with E-state index >= 15 is 0 Å². The molecule has 1 heterocycles. The largest absolute Gasteiger partial charge is 0.279 e. The van der Waals surface area contributed by atoms with E-state index in [-0.39, 0.29) is 0 Å². The number of nitrogens with zero attached hydrogens (tertiary/aromatic N) is 1. The maximum absolute atomic E-state index is 5.07. The second-order valence-electron chi connectivity index (χ2n) is 6.77. The molecule has 2 nitrogen and oxygen atoms in total. The van der Waals surface area contributed by atoms with Crippen molar-refractivity contribution in [1.82, 2.24) is 5.06 Å². The van der Waals surface area contributed by atoms with E-state index in [1.165, 1.54) is 103 Å². The quantitative estimate of drug-likeness (QED) is 0.226. The molecule has 1 saturated heterocycles. The average molecular weight is 298 g/mol. The van der Waals surface area contributed by atoms with E-state index in [4.69, 9.17) is 4.84 Å². The predicted molar refractivity (Wildman–Crippen MR) is 92.2 cm³/mol. The fourth-order valence-corrected chi connectivity index (χ4v) is 3.01. The summed E-state index contributed by atoms with van der Waals surface area (Å²) in [6, 6.07) is 0. The van der Waals surface area contributed by atoms with Crippen LogP contribution < -0.4 is 0 Å². The fraction of sp³-hybridized carbons (Fsp3) is 1.00. The number of rotatable bonds is 17. The van der Waals surface area contributed by atoms with Crippen molar-refractivity contribution in [2.75, 3.05) is 13.3 Å². The maximum atomic E-state index is 5.07. The van der Waals surface area contributed by atoms with Crippen LogP contribution in [0.5, 0.6) is 0 Å². The van der Waals surface area contributed by atoms with Gasteiger partial charge in [0.2, 0.25) is 0 Å². The molecule has 126 valence electrons. The molecule has 0 bridgehead atoms. The van der Waals surface area contributed by atoms with Crippen LogP contribution in [0.15, 0.2) is 0 Å². The summed E-state index contributed by atoms with van der Waals surface area (Å²) < 4.78 is 0. The molecule has 0 aromatic heterocycles. The van der Waals surface area contributed by atoms with Crippen LogP contribution >= 0.6 is 0 Å². The molecule has 1 atom stereocenters. The lowest BCUT2D eigenvalue weighted by Gasteiger charge is -2.03. The van der Waals surface area contributed by atoms with Gasteiger partial charge in [-0.3, -0.25) is 4.84 Å². The molecule has 0 aromatic carbocycles. The predicted octanol–water partition coefficient (Wildman–Crippen LogP) is 6.45. The minimum atomic E-state index is 0.874. The van der Waals surface area contributed by atoms with Crippen molar-refractivity contribution in [3.8, 4) is 0 Å². The lowest BCUT2D eigenvalue weighted by atomic mass is 10.0. The summed E-state index contributed by atoms with van der Waals surface area (Å²) in [5.41, 5.74) is 0. The Labute approximate surface area is 133 Å². The molecule has 1 fully saturated rings. The van der Waals surface area contributed by atoms with Crippen LogP contribution in [0.25, 0.3) is 0 Å². The Morgan fingerprint density at radius 2 is 0.905 bits per heavy atom. The molecule has 1 aliphatic rings. The Bertz CT molecular complexity index is 204. The van der Waals surface area contributed by atoms with E-state index in [0.717, 1.165) is 13.3 Å². The topological polar surface area (TPSA) is 15.5 Å². The van der Waals surface area contributed by atoms with Crippen LogP contribution in [0, 0.1) is 0 Å². The van der Waals surface area contributed by atoms with Gasteiger partial charge in [0, 0.05) is 6.54 Å². The zero-order valence-corrected chi connectivity index (χ0v) is 14.6. The Hall–Kier alpha value is -0.0800. The summed E-state index contributed by atoms with van der Waals surface area (Å²) in [5.74, 6) is 0. The van der Waals surface area contributed by atoms with Crippen molar-refractivity contribution in [2.24, 2.45) is 0 Å². The summed E-state index contributed by atoms with van der Waals surface area (Å²) in [6.45, 7) is 4.32. The monoisotopic (exact) mass is 297 g/mol. The Morgan fingerprint density at radius 3 is 1.24 bits per heavy atom. The van der Waals surface area contributed by atoms with Gasteiger partial charge in [0.25, 0.3) is 0 Å². The number of hydrogen-bond donors (Lipinski definition) is 0. The summed E-state index contributed by atoms with van der Waals surface area (Å²) in [4.78, 5) is 5.07. The second-order valence-corrected chi connectivity index (χ2v) is 6.77. The molecule has 1 rings (SSSR count). The first-order valence-corrected chi connectivity index (χ1v) is 9.81. The standard InChI is InChI=1S/C19H39NO/c1-2-3-4-5-6-7-8-9-10-11-12-13-14-15-16-17-18-20-19-21-20/h2-19H2,1H3. The van der Waals surface area contributed by atoms with E-state index < -0.39 is 0 Å². The molecule has 0 radical (unpaired) electrons. The SMILES string of the molecule is CCCCCCCCCCCCCCCCCCN1CO1. The Morgan fingerprint density at radius 1 is 0.571 bits per heavy atom. The van der Waals surface area contributed by atoms with Crippen LogP contribution in [-0.2, 0) is 4.84 Å². The Kier molecular flexibility index (Phi) is 13.4. The highest BCUT2D eigenvalue weighted by atomic mass is 16.8. The van der Waals surface area contributed by atoms with Gasteiger partial charge in [-0.15, -0.1) is 0 Å². The smallest absolute Gasteiger partial charge is 0.144 e. The van der Waals surface area contributed by atoms with Crippen LogP contribution in [0.3, 0.4) is 0 Å². The van der Waals surface area contributed by atoms with Crippen LogP contribution in [-0.4, -0.2) is 18.3 Å². The van der Waals surface area contributed by atoms with Crippen LogP contribution in [0.1, 0.15) is 110 Å². The van der Waals surface area contributed by atoms with Crippen molar-refractivity contribution in [1.29, 1.82) is 0 Å². The minimum absolute atomic E-state index is 0.874. The van der Waals surface area contributed by atoms with Gasteiger partial charge in [0.1, 0.15) is 6.73 Å². The minimum Gasteiger partial charge on any atom is -0.279 e. The average Bonchev–Trinajstić information content (AvgIpc) is 3.31. The molecule has 0 saturated carbocycles. The van der Waals surface area contributed by atoms with E-state index in [0.29, 0.717) is 0 Å². The molecule has 1 unspecified atom stereocenters. The number of unbranched alkanes of at least 4 members (excludes halogenated alkanes) is 15.